The summed E-state index contributed by atoms with van der Waals surface area (Å²) < 4.78 is 5.30. The van der Waals surface area contributed by atoms with Crippen molar-refractivity contribution in [2.75, 3.05) is 39.4 Å². The minimum Gasteiger partial charge on any atom is -0.379 e. The molecule has 4 nitrogen and oxygen atoms in total. The van der Waals surface area contributed by atoms with Crippen molar-refractivity contribution in [1.82, 2.24) is 10.2 Å². The molecule has 0 aromatic heterocycles. The second-order valence-electron chi connectivity index (χ2n) is 4.82. The van der Waals surface area contributed by atoms with Crippen LogP contribution in [0.15, 0.2) is 35.2 Å². The zero-order chi connectivity index (χ0) is 14.2. The van der Waals surface area contributed by atoms with Crippen molar-refractivity contribution in [3.05, 3.63) is 30.3 Å². The lowest BCUT2D eigenvalue weighted by Gasteiger charge is -2.26. The molecule has 1 saturated heterocycles. The van der Waals surface area contributed by atoms with Gasteiger partial charge in [-0.3, -0.25) is 9.69 Å². The number of hydrogen-bond donors (Lipinski definition) is 1. The number of thioether (sulfide) groups is 1. The number of carbonyl (C=O) groups is 1. The first-order chi connectivity index (χ1) is 9.75. The summed E-state index contributed by atoms with van der Waals surface area (Å²) in [6.45, 7) is 7.08. The Hall–Kier alpha value is -1.04. The van der Waals surface area contributed by atoms with Gasteiger partial charge in [-0.2, -0.15) is 0 Å². The van der Waals surface area contributed by atoms with Crippen LogP contribution in [0.4, 0.5) is 0 Å². The van der Waals surface area contributed by atoms with Gasteiger partial charge in [-0.1, -0.05) is 18.2 Å². The normalized spacial score (nSPS) is 17.6. The number of ether oxygens (including phenoxy) is 1. The maximum Gasteiger partial charge on any atom is 0.233 e. The second kappa shape index (κ2) is 8.29. The average molecular weight is 294 g/mol. The van der Waals surface area contributed by atoms with Gasteiger partial charge in [0.15, 0.2) is 0 Å². The van der Waals surface area contributed by atoms with Crippen LogP contribution >= 0.6 is 11.8 Å². The number of hydrogen-bond acceptors (Lipinski definition) is 4. The number of nitrogens with one attached hydrogen (secondary N) is 1. The molecule has 110 valence electrons. The Labute approximate surface area is 124 Å². The lowest BCUT2D eigenvalue weighted by molar-refractivity contribution is -0.120. The molecule has 20 heavy (non-hydrogen) atoms. The van der Waals surface area contributed by atoms with E-state index in [2.05, 4.69) is 10.2 Å². The van der Waals surface area contributed by atoms with E-state index in [4.69, 9.17) is 4.74 Å². The Bertz CT molecular complexity index is 408. The molecule has 1 aliphatic heterocycles. The number of carbonyl (C=O) groups excluding carboxylic acids is 1. The monoisotopic (exact) mass is 294 g/mol. The molecule has 0 radical (unpaired) electrons. The molecule has 2 rings (SSSR count). The lowest BCUT2D eigenvalue weighted by atomic mass is 10.4. The molecule has 1 atom stereocenters. The lowest BCUT2D eigenvalue weighted by Crippen LogP contribution is -2.42. The molecular formula is C15H22N2O2S. The summed E-state index contributed by atoms with van der Waals surface area (Å²) in [5.41, 5.74) is 0. The molecule has 1 aromatic rings. The highest BCUT2D eigenvalue weighted by Gasteiger charge is 2.15. The van der Waals surface area contributed by atoms with Gasteiger partial charge >= 0.3 is 0 Å². The highest BCUT2D eigenvalue weighted by Crippen LogP contribution is 2.22. The van der Waals surface area contributed by atoms with Gasteiger partial charge in [0.2, 0.25) is 5.91 Å². The van der Waals surface area contributed by atoms with Crippen LogP contribution in [-0.4, -0.2) is 55.4 Å². The molecule has 0 aliphatic carbocycles. The van der Waals surface area contributed by atoms with Crippen LogP contribution in [0.3, 0.4) is 0 Å². The van der Waals surface area contributed by atoms with Crippen LogP contribution in [0.25, 0.3) is 0 Å². The SMILES string of the molecule is CC(Sc1ccccc1)C(=O)NCCN1CCOCC1. The van der Waals surface area contributed by atoms with E-state index in [9.17, 15) is 4.79 Å². The smallest absolute Gasteiger partial charge is 0.233 e. The molecule has 0 bridgehead atoms. The van der Waals surface area contributed by atoms with Crippen LogP contribution in [-0.2, 0) is 9.53 Å². The highest BCUT2D eigenvalue weighted by molar-refractivity contribution is 8.00. The molecule has 5 heteroatoms. The molecule has 1 fully saturated rings. The molecule has 1 N–H and O–H groups in total. The van der Waals surface area contributed by atoms with Crippen molar-refractivity contribution in [2.45, 2.75) is 17.1 Å². The maximum atomic E-state index is 12.0. The number of nitrogens with zero attached hydrogens (tertiary/aromatic N) is 1. The maximum absolute atomic E-state index is 12.0. The van der Waals surface area contributed by atoms with Crippen LogP contribution in [0.2, 0.25) is 0 Å². The van der Waals surface area contributed by atoms with Crippen LogP contribution in [0.5, 0.6) is 0 Å². The fraction of sp³-hybridized carbons (Fsp3) is 0.533. The van der Waals surface area contributed by atoms with E-state index in [-0.39, 0.29) is 11.2 Å². The van der Waals surface area contributed by atoms with Crippen molar-refractivity contribution in [3.8, 4) is 0 Å². The van der Waals surface area contributed by atoms with Gasteiger partial charge in [-0.15, -0.1) is 11.8 Å². The standard InChI is InChI=1S/C15H22N2O2S/c1-13(20-14-5-3-2-4-6-14)15(18)16-7-8-17-9-11-19-12-10-17/h2-6,13H,7-12H2,1H3,(H,16,18). The van der Waals surface area contributed by atoms with Gasteiger partial charge in [0, 0.05) is 31.1 Å². The molecule has 1 heterocycles. The Morgan fingerprint density at radius 2 is 2.05 bits per heavy atom. The topological polar surface area (TPSA) is 41.6 Å². The third-order valence-electron chi connectivity index (χ3n) is 3.26. The van der Waals surface area contributed by atoms with Gasteiger partial charge in [0.1, 0.15) is 0 Å². The zero-order valence-corrected chi connectivity index (χ0v) is 12.7. The van der Waals surface area contributed by atoms with Gasteiger partial charge < -0.3 is 10.1 Å². The van der Waals surface area contributed by atoms with E-state index in [0.29, 0.717) is 6.54 Å². The van der Waals surface area contributed by atoms with E-state index >= 15 is 0 Å². The minimum absolute atomic E-state index is 0.0675. The molecular weight excluding hydrogens is 272 g/mol. The Morgan fingerprint density at radius 3 is 2.75 bits per heavy atom. The van der Waals surface area contributed by atoms with E-state index in [1.54, 1.807) is 11.8 Å². The summed E-state index contributed by atoms with van der Waals surface area (Å²) in [4.78, 5) is 15.5. The summed E-state index contributed by atoms with van der Waals surface area (Å²) in [5, 5.41) is 2.94. The predicted octanol–water partition coefficient (Wildman–Crippen LogP) is 1.62. The number of amides is 1. The summed E-state index contributed by atoms with van der Waals surface area (Å²) in [6.07, 6.45) is 0. The van der Waals surface area contributed by atoms with Crippen molar-refractivity contribution in [3.63, 3.8) is 0 Å². The number of morpholine rings is 1. The molecule has 1 amide bonds. The Kier molecular flexibility index (Phi) is 6.36. The third kappa shape index (κ3) is 5.15. The van der Waals surface area contributed by atoms with Gasteiger partial charge in [-0.25, -0.2) is 0 Å². The van der Waals surface area contributed by atoms with E-state index < -0.39 is 0 Å². The number of benzene rings is 1. The van der Waals surface area contributed by atoms with Crippen molar-refractivity contribution >= 4 is 17.7 Å². The first kappa shape index (κ1) is 15.4. The van der Waals surface area contributed by atoms with Gasteiger partial charge in [-0.05, 0) is 19.1 Å². The van der Waals surface area contributed by atoms with Crippen LogP contribution in [0, 0.1) is 0 Å². The quantitative estimate of drug-likeness (QED) is 0.810. The third-order valence-corrected chi connectivity index (χ3v) is 4.37. The molecule has 1 aromatic carbocycles. The van der Waals surface area contributed by atoms with Crippen LogP contribution in [0.1, 0.15) is 6.92 Å². The van der Waals surface area contributed by atoms with Crippen molar-refractivity contribution in [1.29, 1.82) is 0 Å². The first-order valence-corrected chi connectivity index (χ1v) is 7.93. The van der Waals surface area contributed by atoms with Crippen LogP contribution < -0.4 is 5.32 Å². The minimum atomic E-state index is -0.0675. The van der Waals surface area contributed by atoms with E-state index in [1.807, 2.05) is 37.3 Å². The molecule has 0 saturated carbocycles. The van der Waals surface area contributed by atoms with Gasteiger partial charge in [0.25, 0.3) is 0 Å². The largest absolute Gasteiger partial charge is 0.379 e. The fourth-order valence-corrected chi connectivity index (χ4v) is 2.98. The number of rotatable bonds is 6. The second-order valence-corrected chi connectivity index (χ2v) is 6.23. The molecule has 0 spiro atoms. The summed E-state index contributed by atoms with van der Waals surface area (Å²) >= 11 is 1.59. The summed E-state index contributed by atoms with van der Waals surface area (Å²) in [6, 6.07) is 10.0. The highest BCUT2D eigenvalue weighted by atomic mass is 32.2. The molecule has 1 unspecified atom stereocenters. The first-order valence-electron chi connectivity index (χ1n) is 7.05. The average Bonchev–Trinajstić information content (AvgIpc) is 2.49. The summed E-state index contributed by atoms with van der Waals surface area (Å²) in [5.74, 6) is 0.104. The van der Waals surface area contributed by atoms with Gasteiger partial charge in [0.05, 0.1) is 18.5 Å². The Balaban J connectivity index is 1.66. The van der Waals surface area contributed by atoms with Crippen molar-refractivity contribution in [2.24, 2.45) is 0 Å². The molecule has 1 aliphatic rings. The van der Waals surface area contributed by atoms with E-state index in [0.717, 1.165) is 37.7 Å². The van der Waals surface area contributed by atoms with E-state index in [1.165, 1.54) is 0 Å². The zero-order valence-electron chi connectivity index (χ0n) is 11.9. The summed E-state index contributed by atoms with van der Waals surface area (Å²) in [7, 11) is 0. The fourth-order valence-electron chi connectivity index (χ4n) is 2.06. The predicted molar refractivity (Wildman–Crippen MR) is 82.0 cm³/mol. The van der Waals surface area contributed by atoms with Crippen molar-refractivity contribution < 1.29 is 9.53 Å². The Morgan fingerprint density at radius 1 is 1.35 bits per heavy atom.